The van der Waals surface area contributed by atoms with Gasteiger partial charge in [0.1, 0.15) is 11.7 Å². The molecule has 1 saturated heterocycles. The van der Waals surface area contributed by atoms with Gasteiger partial charge < -0.3 is 29.6 Å². The Morgan fingerprint density at radius 3 is 2.30 bits per heavy atom. The van der Waals surface area contributed by atoms with Crippen molar-refractivity contribution in [2.75, 3.05) is 44.3 Å². The van der Waals surface area contributed by atoms with Crippen LogP contribution in [0.5, 0.6) is 11.9 Å². The third kappa shape index (κ3) is 8.34. The third-order valence-corrected chi connectivity index (χ3v) is 8.38. The number of carbonyl (C=O) groups excluding carboxylic acids is 1. The van der Waals surface area contributed by atoms with Crippen LogP contribution in [0.25, 0.3) is 11.3 Å². The molecule has 0 spiro atoms. The molecule has 1 aromatic carbocycles. The first-order valence-electron chi connectivity index (χ1n) is 16.0. The minimum Gasteiger partial charge on any atom is -0.469 e. The summed E-state index contributed by atoms with van der Waals surface area (Å²) in [5.74, 6) is -0.165. The van der Waals surface area contributed by atoms with Gasteiger partial charge in [-0.2, -0.15) is 18.2 Å². The predicted octanol–water partition coefficient (Wildman–Crippen LogP) is 4.86. The van der Waals surface area contributed by atoms with Crippen LogP contribution in [0.2, 0.25) is 0 Å². The maximum absolute atomic E-state index is 14.1. The largest absolute Gasteiger partial charge is 0.469 e. The minimum atomic E-state index is -4.67. The summed E-state index contributed by atoms with van der Waals surface area (Å²) < 4.78 is 61.8. The molecule has 264 valence electrons. The zero-order chi connectivity index (χ0) is 35.1. The van der Waals surface area contributed by atoms with Gasteiger partial charge in [-0.05, 0) is 31.2 Å². The van der Waals surface area contributed by atoms with Gasteiger partial charge >= 0.3 is 18.2 Å². The number of rotatable bonds is 12. The number of nitrogens with one attached hydrogen (secondary N) is 2. The van der Waals surface area contributed by atoms with Crippen molar-refractivity contribution in [2.24, 2.45) is 0 Å². The lowest BCUT2D eigenvalue weighted by Crippen LogP contribution is -2.50. The molecule has 14 nitrogen and oxygen atoms in total. The van der Waals surface area contributed by atoms with Crippen molar-refractivity contribution in [3.63, 3.8) is 0 Å². The molecule has 1 aliphatic carbocycles. The first-order chi connectivity index (χ1) is 24.2. The number of hydrogen-bond donors (Lipinski definition) is 2. The second kappa shape index (κ2) is 15.6. The van der Waals surface area contributed by atoms with Crippen molar-refractivity contribution < 1.29 is 36.9 Å². The van der Waals surface area contributed by atoms with Crippen LogP contribution in [0.4, 0.5) is 29.7 Å². The van der Waals surface area contributed by atoms with Crippen LogP contribution >= 0.6 is 0 Å². The standard InChI is InChI=1S/C33H36F3N9O5/c1-47-19-27(20-6-4-3-5-7-20)43-32(46)45(28-16-37-26(15-38-28)21-12-40-31(48-2)41-13-21)23-10-8-22(9-11-23)42-30-39-14-25(33(34,35)36)29(44-30)50-24-17-49-18-24/h3-7,12-16,22-24,27H,8-11,17-19H2,1-2H3,(H,43,46)(H,39,42,44)/t22-,23-,27?. The molecule has 50 heavy (non-hydrogen) atoms. The zero-order valence-electron chi connectivity index (χ0n) is 27.3. The van der Waals surface area contributed by atoms with E-state index in [-0.39, 0.29) is 49.9 Å². The fraction of sp³-hybridized carbons (Fsp3) is 0.424. The van der Waals surface area contributed by atoms with Gasteiger partial charge in [-0.1, -0.05) is 30.3 Å². The minimum absolute atomic E-state index is 0.0283. The van der Waals surface area contributed by atoms with E-state index in [1.807, 2.05) is 30.3 Å². The molecular formula is C33H36F3N9O5. The predicted molar refractivity (Wildman–Crippen MR) is 174 cm³/mol. The monoisotopic (exact) mass is 695 g/mol. The molecule has 1 unspecified atom stereocenters. The molecule has 2 aliphatic rings. The average molecular weight is 696 g/mol. The first kappa shape index (κ1) is 34.7. The molecule has 1 saturated carbocycles. The summed E-state index contributed by atoms with van der Waals surface area (Å²) in [7, 11) is 3.04. The van der Waals surface area contributed by atoms with E-state index < -0.39 is 29.8 Å². The Balaban J connectivity index is 1.19. The van der Waals surface area contributed by atoms with Gasteiger partial charge in [0.25, 0.3) is 0 Å². The van der Waals surface area contributed by atoms with Crippen LogP contribution in [-0.2, 0) is 15.7 Å². The number of aromatic nitrogens is 6. The van der Waals surface area contributed by atoms with E-state index in [2.05, 4.69) is 40.5 Å². The van der Waals surface area contributed by atoms with Crippen LogP contribution in [-0.4, -0.2) is 88.2 Å². The topological polar surface area (TPSA) is 159 Å². The Morgan fingerprint density at radius 2 is 1.70 bits per heavy atom. The van der Waals surface area contributed by atoms with Gasteiger partial charge in [0.15, 0.2) is 5.82 Å². The van der Waals surface area contributed by atoms with Crippen LogP contribution in [0, 0.1) is 0 Å². The van der Waals surface area contributed by atoms with Crippen molar-refractivity contribution >= 4 is 17.8 Å². The molecule has 1 atom stereocenters. The van der Waals surface area contributed by atoms with E-state index in [4.69, 9.17) is 18.9 Å². The van der Waals surface area contributed by atoms with E-state index in [0.29, 0.717) is 42.8 Å². The van der Waals surface area contributed by atoms with E-state index >= 15 is 0 Å². The first-order valence-corrected chi connectivity index (χ1v) is 16.0. The van der Waals surface area contributed by atoms with E-state index in [9.17, 15) is 18.0 Å². The quantitative estimate of drug-likeness (QED) is 0.208. The Kier molecular flexibility index (Phi) is 10.8. The molecule has 4 aromatic rings. The van der Waals surface area contributed by atoms with Crippen LogP contribution in [0.15, 0.2) is 61.3 Å². The SMILES string of the molecule is COCC(NC(=O)N(c1cnc(-c2cnc(OC)nc2)cn1)[C@H]1CC[C@H](Nc2ncc(C(F)(F)F)c(OC3COC3)n2)CC1)c1ccccc1. The van der Waals surface area contributed by atoms with Gasteiger partial charge in [-0.15, -0.1) is 0 Å². The molecule has 3 aromatic heterocycles. The summed E-state index contributed by atoms with van der Waals surface area (Å²) in [6.07, 6.45) is 4.01. The van der Waals surface area contributed by atoms with Crippen molar-refractivity contribution in [1.82, 2.24) is 35.2 Å². The third-order valence-electron chi connectivity index (χ3n) is 8.38. The lowest BCUT2D eigenvalue weighted by atomic mass is 9.90. The fourth-order valence-electron chi connectivity index (χ4n) is 5.72. The number of benzene rings is 1. The van der Waals surface area contributed by atoms with Crippen molar-refractivity contribution in [2.45, 2.75) is 56.1 Å². The Morgan fingerprint density at radius 1 is 0.960 bits per heavy atom. The number of urea groups is 1. The lowest BCUT2D eigenvalue weighted by Gasteiger charge is -2.37. The molecule has 2 amide bonds. The molecule has 17 heteroatoms. The van der Waals surface area contributed by atoms with Gasteiger partial charge in [-0.25, -0.2) is 24.7 Å². The maximum Gasteiger partial charge on any atom is 0.423 e. The average Bonchev–Trinajstić information content (AvgIpc) is 3.11. The van der Waals surface area contributed by atoms with Crippen LogP contribution < -0.4 is 25.0 Å². The van der Waals surface area contributed by atoms with Crippen molar-refractivity contribution in [3.05, 3.63) is 72.4 Å². The highest BCUT2D eigenvalue weighted by atomic mass is 19.4. The summed E-state index contributed by atoms with van der Waals surface area (Å²) in [6, 6.07) is 8.47. The summed E-state index contributed by atoms with van der Waals surface area (Å²) in [6.45, 7) is 0.631. The fourth-order valence-corrected chi connectivity index (χ4v) is 5.72. The highest BCUT2D eigenvalue weighted by molar-refractivity contribution is 5.92. The second-order valence-electron chi connectivity index (χ2n) is 11.8. The van der Waals surface area contributed by atoms with Crippen LogP contribution in [0.3, 0.4) is 0 Å². The second-order valence-corrected chi connectivity index (χ2v) is 11.8. The molecule has 4 heterocycles. The Bertz CT molecular complexity index is 1710. The highest BCUT2D eigenvalue weighted by Gasteiger charge is 2.38. The number of methoxy groups -OCH3 is 2. The van der Waals surface area contributed by atoms with E-state index in [1.54, 1.807) is 30.6 Å². The summed E-state index contributed by atoms with van der Waals surface area (Å²) >= 11 is 0. The molecular weight excluding hydrogens is 659 g/mol. The summed E-state index contributed by atoms with van der Waals surface area (Å²) in [5.41, 5.74) is 0.961. The Hall–Kier alpha value is -5.16. The van der Waals surface area contributed by atoms with Crippen molar-refractivity contribution in [1.29, 1.82) is 0 Å². The zero-order valence-corrected chi connectivity index (χ0v) is 27.3. The smallest absolute Gasteiger partial charge is 0.423 e. The molecule has 1 aliphatic heterocycles. The number of ether oxygens (including phenoxy) is 4. The molecule has 6 rings (SSSR count). The molecule has 2 fully saturated rings. The maximum atomic E-state index is 14.1. The lowest BCUT2D eigenvalue weighted by molar-refractivity contribution is -0.142. The number of amides is 2. The normalized spacial score (nSPS) is 18.4. The highest BCUT2D eigenvalue weighted by Crippen LogP contribution is 2.36. The molecule has 0 radical (unpaired) electrons. The van der Waals surface area contributed by atoms with E-state index in [0.717, 1.165) is 11.8 Å². The summed E-state index contributed by atoms with van der Waals surface area (Å²) in [5, 5.41) is 6.26. The van der Waals surface area contributed by atoms with Gasteiger partial charge in [0.05, 0.1) is 51.1 Å². The summed E-state index contributed by atoms with van der Waals surface area (Å²) in [4.78, 5) is 41.1. The van der Waals surface area contributed by atoms with Gasteiger partial charge in [-0.3, -0.25) is 9.88 Å². The van der Waals surface area contributed by atoms with E-state index in [1.165, 1.54) is 13.3 Å². The number of hydrogen-bond acceptors (Lipinski definition) is 12. The number of alkyl halides is 3. The number of nitrogens with zero attached hydrogens (tertiary/aromatic N) is 7. The van der Waals surface area contributed by atoms with Gasteiger partial charge in [0.2, 0.25) is 11.8 Å². The number of halogens is 3. The molecule has 2 N–H and O–H groups in total. The Labute approximate surface area is 285 Å². The van der Waals surface area contributed by atoms with Gasteiger partial charge in [0, 0.05) is 43.3 Å². The molecule has 0 bridgehead atoms. The number of carbonyl (C=O) groups is 1. The van der Waals surface area contributed by atoms with Crippen molar-refractivity contribution in [3.8, 4) is 23.1 Å². The number of anilines is 2. The van der Waals surface area contributed by atoms with Crippen LogP contribution in [0.1, 0.15) is 42.9 Å².